The summed E-state index contributed by atoms with van der Waals surface area (Å²) in [7, 11) is 0. The quantitative estimate of drug-likeness (QED) is 0.172. The van der Waals surface area contributed by atoms with Crippen LogP contribution >= 0.6 is 0 Å². The molecule has 0 unspecified atom stereocenters. The fourth-order valence-corrected chi connectivity index (χ4v) is 7.97. The molecule has 262 valence electrons. The van der Waals surface area contributed by atoms with Crippen LogP contribution in [0.3, 0.4) is 0 Å². The Kier molecular flexibility index (Phi) is 7.42. The smallest absolute Gasteiger partial charge is 0.164 e. The molecule has 3 heterocycles. The zero-order chi connectivity index (χ0) is 37.0. The Balaban J connectivity index is 1.04. The minimum Gasteiger partial charge on any atom is -0.456 e. The zero-order valence-corrected chi connectivity index (χ0v) is 30.2. The van der Waals surface area contributed by atoms with E-state index in [0.717, 1.165) is 55.4 Å². The van der Waals surface area contributed by atoms with E-state index in [-0.39, 0.29) is 0 Å². The summed E-state index contributed by atoms with van der Waals surface area (Å²) in [5.74, 6) is 1.85. The van der Waals surface area contributed by atoms with Crippen LogP contribution in [0.4, 0.5) is 0 Å². The van der Waals surface area contributed by atoms with E-state index in [4.69, 9.17) is 19.4 Å². The molecule has 0 N–H and O–H groups in total. The van der Waals surface area contributed by atoms with Crippen molar-refractivity contribution < 1.29 is 4.42 Å². The SMILES string of the molecule is c1ccc(-c2ccc3c4ccccc4n(-c4ccccc4-c4ccc5oc6cc(-c7nc(-c8ccccc8)nc(-c8ccccc8)n7)ccc6c5c4)c3c2)cc1. The lowest BCUT2D eigenvalue weighted by Gasteiger charge is -2.14. The van der Waals surface area contributed by atoms with Crippen LogP contribution in [-0.2, 0) is 0 Å². The van der Waals surface area contributed by atoms with Crippen LogP contribution in [0.2, 0.25) is 0 Å². The summed E-state index contributed by atoms with van der Waals surface area (Å²) in [6, 6.07) is 67.6. The van der Waals surface area contributed by atoms with Gasteiger partial charge in [0.2, 0.25) is 0 Å². The molecule has 5 heteroatoms. The van der Waals surface area contributed by atoms with Crippen LogP contribution in [-0.4, -0.2) is 19.5 Å². The molecule has 0 amide bonds. The Bertz CT molecular complexity index is 3180. The van der Waals surface area contributed by atoms with Crippen molar-refractivity contribution in [1.29, 1.82) is 0 Å². The molecule has 11 aromatic rings. The van der Waals surface area contributed by atoms with Crippen molar-refractivity contribution in [3.05, 3.63) is 194 Å². The van der Waals surface area contributed by atoms with E-state index < -0.39 is 0 Å². The Morgan fingerprint density at radius 3 is 1.61 bits per heavy atom. The molecule has 0 spiro atoms. The van der Waals surface area contributed by atoms with E-state index in [1.165, 1.54) is 32.9 Å². The highest BCUT2D eigenvalue weighted by Crippen LogP contribution is 2.40. The van der Waals surface area contributed by atoms with Gasteiger partial charge < -0.3 is 8.98 Å². The fourth-order valence-electron chi connectivity index (χ4n) is 7.97. The number of nitrogens with zero attached hydrogens (tertiary/aromatic N) is 4. The number of rotatable bonds is 6. The van der Waals surface area contributed by atoms with Crippen molar-refractivity contribution in [2.45, 2.75) is 0 Å². The summed E-state index contributed by atoms with van der Waals surface area (Å²) >= 11 is 0. The number of aromatic nitrogens is 4. The van der Waals surface area contributed by atoms with Gasteiger partial charge in [-0.1, -0.05) is 152 Å². The summed E-state index contributed by atoms with van der Waals surface area (Å²) in [6.45, 7) is 0. The first-order valence-electron chi connectivity index (χ1n) is 18.8. The van der Waals surface area contributed by atoms with Crippen LogP contribution in [0.15, 0.2) is 199 Å². The van der Waals surface area contributed by atoms with Gasteiger partial charge in [0, 0.05) is 43.8 Å². The maximum absolute atomic E-state index is 6.53. The molecule has 0 radical (unpaired) electrons. The minimum absolute atomic E-state index is 0.594. The second kappa shape index (κ2) is 13.0. The average Bonchev–Trinajstić information content (AvgIpc) is 3.81. The van der Waals surface area contributed by atoms with Gasteiger partial charge in [0.1, 0.15) is 11.2 Å². The topological polar surface area (TPSA) is 56.7 Å². The molecule has 8 aromatic carbocycles. The van der Waals surface area contributed by atoms with Crippen LogP contribution < -0.4 is 0 Å². The third-order valence-electron chi connectivity index (χ3n) is 10.7. The standard InChI is InChI=1S/C51H32N4O/c1-4-14-33(15-5-1)36-24-27-41-40-21-11-13-23-45(40)55(46(41)31-36)44-22-12-10-20-39(44)37-26-29-47-43(30-37)42-28-25-38(32-48(42)56-47)51-53-49(34-16-6-2-7-17-34)52-50(54-51)35-18-8-3-9-19-35/h1-32H. The van der Waals surface area contributed by atoms with Gasteiger partial charge in [-0.15, -0.1) is 0 Å². The van der Waals surface area contributed by atoms with Crippen LogP contribution in [0.25, 0.3) is 106 Å². The van der Waals surface area contributed by atoms with Gasteiger partial charge in [-0.3, -0.25) is 0 Å². The van der Waals surface area contributed by atoms with Crippen molar-refractivity contribution in [2.75, 3.05) is 0 Å². The molecule has 5 nitrogen and oxygen atoms in total. The van der Waals surface area contributed by atoms with E-state index in [2.05, 4.69) is 132 Å². The van der Waals surface area contributed by atoms with Gasteiger partial charge in [0.25, 0.3) is 0 Å². The minimum atomic E-state index is 0.594. The Hall–Kier alpha value is -7.63. The predicted octanol–water partition coefficient (Wildman–Crippen LogP) is 13.2. The molecule has 56 heavy (non-hydrogen) atoms. The molecule has 0 fully saturated rings. The van der Waals surface area contributed by atoms with Gasteiger partial charge in [0.15, 0.2) is 17.5 Å². The van der Waals surface area contributed by atoms with E-state index in [0.29, 0.717) is 17.5 Å². The first kappa shape index (κ1) is 31.9. The van der Waals surface area contributed by atoms with E-state index in [1.54, 1.807) is 0 Å². The van der Waals surface area contributed by atoms with Crippen LogP contribution in [0, 0.1) is 0 Å². The predicted molar refractivity (Wildman–Crippen MR) is 229 cm³/mol. The molecular weight excluding hydrogens is 685 g/mol. The Morgan fingerprint density at radius 1 is 0.321 bits per heavy atom. The summed E-state index contributed by atoms with van der Waals surface area (Å²) < 4.78 is 8.95. The third-order valence-corrected chi connectivity index (χ3v) is 10.7. The van der Waals surface area contributed by atoms with Crippen molar-refractivity contribution >= 4 is 43.7 Å². The fraction of sp³-hybridized carbons (Fsp3) is 0. The Morgan fingerprint density at radius 2 is 0.875 bits per heavy atom. The summed E-state index contributed by atoms with van der Waals surface area (Å²) in [5, 5.41) is 4.55. The molecule has 3 aromatic heterocycles. The van der Waals surface area contributed by atoms with Crippen LogP contribution in [0.5, 0.6) is 0 Å². The average molecular weight is 717 g/mol. The van der Waals surface area contributed by atoms with Gasteiger partial charge >= 0.3 is 0 Å². The summed E-state index contributed by atoms with van der Waals surface area (Å²) in [5.41, 5.74) is 12.4. The van der Waals surface area contributed by atoms with Gasteiger partial charge in [-0.25, -0.2) is 15.0 Å². The molecule has 0 saturated carbocycles. The maximum Gasteiger partial charge on any atom is 0.164 e. The van der Waals surface area contributed by atoms with Gasteiger partial charge in [-0.2, -0.15) is 0 Å². The van der Waals surface area contributed by atoms with Crippen LogP contribution in [0.1, 0.15) is 0 Å². The lowest BCUT2D eigenvalue weighted by molar-refractivity contribution is 0.669. The normalized spacial score (nSPS) is 11.6. The number of benzene rings is 8. The van der Waals surface area contributed by atoms with E-state index >= 15 is 0 Å². The van der Waals surface area contributed by atoms with Crippen molar-refractivity contribution in [3.63, 3.8) is 0 Å². The molecule has 0 aliphatic carbocycles. The van der Waals surface area contributed by atoms with Gasteiger partial charge in [0.05, 0.1) is 16.7 Å². The highest BCUT2D eigenvalue weighted by molar-refractivity contribution is 6.11. The highest BCUT2D eigenvalue weighted by Gasteiger charge is 2.19. The molecule has 11 rings (SSSR count). The van der Waals surface area contributed by atoms with Crippen molar-refractivity contribution in [1.82, 2.24) is 19.5 Å². The number of para-hydroxylation sites is 2. The van der Waals surface area contributed by atoms with Crippen molar-refractivity contribution in [3.8, 4) is 62.1 Å². The molecule has 0 aliphatic rings. The van der Waals surface area contributed by atoms with Gasteiger partial charge in [-0.05, 0) is 59.2 Å². The monoisotopic (exact) mass is 716 g/mol. The van der Waals surface area contributed by atoms with E-state index in [9.17, 15) is 0 Å². The molecular formula is C51H32N4O. The third kappa shape index (κ3) is 5.37. The first-order valence-corrected chi connectivity index (χ1v) is 18.8. The maximum atomic E-state index is 6.53. The number of fused-ring (bicyclic) bond motifs is 6. The highest BCUT2D eigenvalue weighted by atomic mass is 16.3. The van der Waals surface area contributed by atoms with Crippen molar-refractivity contribution in [2.24, 2.45) is 0 Å². The molecule has 0 aliphatic heterocycles. The lowest BCUT2D eigenvalue weighted by atomic mass is 10.00. The Labute approximate surface area is 322 Å². The van der Waals surface area contributed by atoms with E-state index in [1.807, 2.05) is 66.7 Å². The summed E-state index contributed by atoms with van der Waals surface area (Å²) in [4.78, 5) is 14.8. The summed E-state index contributed by atoms with van der Waals surface area (Å²) in [6.07, 6.45) is 0. The molecule has 0 atom stereocenters. The second-order valence-corrected chi connectivity index (χ2v) is 14.0. The zero-order valence-electron chi connectivity index (χ0n) is 30.2. The first-order chi connectivity index (χ1) is 27.7. The largest absolute Gasteiger partial charge is 0.456 e. The number of hydrogen-bond acceptors (Lipinski definition) is 4. The number of hydrogen-bond donors (Lipinski definition) is 0. The molecule has 0 bridgehead atoms. The lowest BCUT2D eigenvalue weighted by Crippen LogP contribution is -2.00. The molecule has 0 saturated heterocycles. The number of furan rings is 1. The second-order valence-electron chi connectivity index (χ2n) is 14.0.